The average molecular weight is 500 g/mol. The number of hydrogen-bond donors (Lipinski definition) is 0. The average Bonchev–Trinajstić information content (AvgIpc) is 2.90. The summed E-state index contributed by atoms with van der Waals surface area (Å²) in [5.74, 6) is 0. The van der Waals surface area contributed by atoms with Crippen LogP contribution in [-0.2, 0) is 12.8 Å². The summed E-state index contributed by atoms with van der Waals surface area (Å²) in [5.41, 5.74) is 3.10. The molecule has 0 fully saturated rings. The van der Waals surface area contributed by atoms with Crippen LogP contribution in [0.3, 0.4) is 0 Å². The molecule has 0 aromatic carbocycles. The summed E-state index contributed by atoms with van der Waals surface area (Å²) < 4.78 is 0. The lowest BCUT2D eigenvalue weighted by atomic mass is 9.98. The van der Waals surface area contributed by atoms with E-state index in [1.807, 2.05) is 6.20 Å². The first-order valence-electron chi connectivity index (χ1n) is 16.8. The van der Waals surface area contributed by atoms with E-state index in [9.17, 15) is 0 Å². The highest BCUT2D eigenvalue weighted by atomic mass is 14.6. The zero-order valence-electron chi connectivity index (χ0n) is 25.0. The van der Waals surface area contributed by atoms with Crippen molar-refractivity contribution in [3.8, 4) is 0 Å². The van der Waals surface area contributed by atoms with Crippen molar-refractivity contribution in [3.63, 3.8) is 0 Å². The van der Waals surface area contributed by atoms with E-state index in [1.54, 1.807) is 5.56 Å². The smallest absolute Gasteiger partial charge is 0.0302 e. The molecule has 0 saturated carbocycles. The minimum atomic E-state index is 1.24. The molecule has 0 bridgehead atoms. The number of unbranched alkanes of at least 4 members (excludes halogenated alkanes) is 24. The van der Waals surface area contributed by atoms with Gasteiger partial charge in [0.2, 0.25) is 0 Å². The standard InChI is InChI=1S/C35H65N/c1-3-5-7-9-11-13-15-17-19-21-23-25-27-29-34-31-32-36-33-35(34)30-28-26-24-22-20-18-16-14-12-10-8-6-4-2/h31-33H,3-30H2,1-2H3. The third-order valence-corrected chi connectivity index (χ3v) is 8.10. The predicted molar refractivity (Wildman–Crippen MR) is 163 cm³/mol. The maximum absolute atomic E-state index is 4.44. The minimum absolute atomic E-state index is 1.24. The highest BCUT2D eigenvalue weighted by molar-refractivity contribution is 5.23. The number of aryl methyl sites for hydroxylation is 2. The van der Waals surface area contributed by atoms with Crippen LogP contribution in [0.2, 0.25) is 0 Å². The molecule has 1 heterocycles. The zero-order valence-corrected chi connectivity index (χ0v) is 25.0. The molecule has 0 saturated heterocycles. The summed E-state index contributed by atoms with van der Waals surface area (Å²) in [6, 6.07) is 2.29. The molecule has 0 aliphatic rings. The largest absolute Gasteiger partial charge is 0.264 e. The van der Waals surface area contributed by atoms with E-state index in [-0.39, 0.29) is 0 Å². The molecule has 1 aromatic rings. The van der Waals surface area contributed by atoms with Crippen molar-refractivity contribution < 1.29 is 0 Å². The number of hydrogen-bond acceptors (Lipinski definition) is 1. The Labute approximate surface area is 228 Å². The van der Waals surface area contributed by atoms with Crippen molar-refractivity contribution in [1.29, 1.82) is 0 Å². The van der Waals surface area contributed by atoms with E-state index in [1.165, 1.54) is 185 Å². The monoisotopic (exact) mass is 500 g/mol. The molecule has 0 aliphatic carbocycles. The van der Waals surface area contributed by atoms with E-state index in [2.05, 4.69) is 31.1 Å². The molecule has 0 N–H and O–H groups in total. The van der Waals surface area contributed by atoms with Crippen molar-refractivity contribution in [2.24, 2.45) is 0 Å². The van der Waals surface area contributed by atoms with Crippen molar-refractivity contribution >= 4 is 0 Å². The lowest BCUT2D eigenvalue weighted by Gasteiger charge is -2.09. The fourth-order valence-electron chi connectivity index (χ4n) is 5.59. The first-order chi connectivity index (χ1) is 17.9. The van der Waals surface area contributed by atoms with Crippen molar-refractivity contribution in [2.75, 3.05) is 0 Å². The van der Waals surface area contributed by atoms with Gasteiger partial charge in [-0.25, -0.2) is 0 Å². The van der Waals surface area contributed by atoms with E-state index in [4.69, 9.17) is 0 Å². The fraction of sp³-hybridized carbons (Fsp3) is 0.857. The van der Waals surface area contributed by atoms with Crippen molar-refractivity contribution in [3.05, 3.63) is 29.6 Å². The van der Waals surface area contributed by atoms with Gasteiger partial charge in [-0.1, -0.05) is 168 Å². The van der Waals surface area contributed by atoms with E-state index < -0.39 is 0 Å². The van der Waals surface area contributed by atoms with Crippen LogP contribution in [0.1, 0.15) is 192 Å². The Balaban J connectivity index is 1.94. The van der Waals surface area contributed by atoms with Crippen LogP contribution >= 0.6 is 0 Å². The molecule has 0 unspecified atom stereocenters. The Morgan fingerprint density at radius 3 is 1.06 bits per heavy atom. The second-order valence-electron chi connectivity index (χ2n) is 11.6. The molecule has 1 nitrogen and oxygen atoms in total. The van der Waals surface area contributed by atoms with E-state index >= 15 is 0 Å². The summed E-state index contributed by atoms with van der Waals surface area (Å²) in [6.07, 6.45) is 43.9. The maximum atomic E-state index is 4.44. The third kappa shape index (κ3) is 21.3. The molecule has 0 radical (unpaired) electrons. The van der Waals surface area contributed by atoms with Gasteiger partial charge < -0.3 is 0 Å². The predicted octanol–water partition coefficient (Wildman–Crippen LogP) is 12.3. The van der Waals surface area contributed by atoms with Crippen LogP contribution in [0.25, 0.3) is 0 Å². The highest BCUT2D eigenvalue weighted by Gasteiger charge is 2.03. The van der Waals surface area contributed by atoms with Gasteiger partial charge in [-0.2, -0.15) is 0 Å². The van der Waals surface area contributed by atoms with Gasteiger partial charge in [0.1, 0.15) is 0 Å². The molecule has 1 heteroatoms. The Morgan fingerprint density at radius 2 is 0.694 bits per heavy atom. The third-order valence-electron chi connectivity index (χ3n) is 8.10. The van der Waals surface area contributed by atoms with Gasteiger partial charge in [0, 0.05) is 12.4 Å². The molecular formula is C35H65N. The molecule has 0 amide bonds. The molecule has 1 aromatic heterocycles. The van der Waals surface area contributed by atoms with Gasteiger partial charge >= 0.3 is 0 Å². The summed E-state index contributed by atoms with van der Waals surface area (Å²) in [7, 11) is 0. The van der Waals surface area contributed by atoms with Gasteiger partial charge in [-0.15, -0.1) is 0 Å². The van der Waals surface area contributed by atoms with Crippen molar-refractivity contribution in [2.45, 2.75) is 194 Å². The summed E-state index contributed by atoms with van der Waals surface area (Å²) >= 11 is 0. The number of rotatable bonds is 28. The number of nitrogens with zero attached hydrogens (tertiary/aromatic N) is 1. The van der Waals surface area contributed by atoms with Crippen LogP contribution in [0.5, 0.6) is 0 Å². The Morgan fingerprint density at radius 1 is 0.389 bits per heavy atom. The SMILES string of the molecule is CCCCCCCCCCCCCCCc1ccncc1CCCCCCCCCCCCCCC. The first kappa shape index (κ1) is 33.2. The van der Waals surface area contributed by atoms with Crippen molar-refractivity contribution in [1.82, 2.24) is 4.98 Å². The Hall–Kier alpha value is -0.850. The minimum Gasteiger partial charge on any atom is -0.264 e. The van der Waals surface area contributed by atoms with E-state index in [0.717, 1.165) is 0 Å². The molecule has 210 valence electrons. The summed E-state index contributed by atoms with van der Waals surface area (Å²) in [5, 5.41) is 0. The van der Waals surface area contributed by atoms with Crippen LogP contribution in [0.15, 0.2) is 18.5 Å². The Kier molecular flexibility index (Phi) is 25.1. The highest BCUT2D eigenvalue weighted by Crippen LogP contribution is 2.18. The normalized spacial score (nSPS) is 11.4. The zero-order chi connectivity index (χ0) is 25.8. The van der Waals surface area contributed by atoms with Gasteiger partial charge in [0.15, 0.2) is 0 Å². The van der Waals surface area contributed by atoms with Crippen LogP contribution < -0.4 is 0 Å². The summed E-state index contributed by atoms with van der Waals surface area (Å²) in [6.45, 7) is 4.60. The fourth-order valence-corrected chi connectivity index (χ4v) is 5.59. The second kappa shape index (κ2) is 27.2. The topological polar surface area (TPSA) is 12.9 Å². The van der Waals surface area contributed by atoms with Crippen LogP contribution in [0, 0.1) is 0 Å². The molecule has 36 heavy (non-hydrogen) atoms. The van der Waals surface area contributed by atoms with Gasteiger partial charge in [0.05, 0.1) is 0 Å². The molecule has 1 rings (SSSR count). The Bertz CT molecular complexity index is 502. The van der Waals surface area contributed by atoms with Crippen LogP contribution in [-0.4, -0.2) is 4.98 Å². The van der Waals surface area contributed by atoms with Crippen LogP contribution in [0.4, 0.5) is 0 Å². The number of aromatic nitrogens is 1. The lowest BCUT2D eigenvalue weighted by Crippen LogP contribution is -1.96. The maximum Gasteiger partial charge on any atom is 0.0302 e. The number of pyridine rings is 1. The second-order valence-corrected chi connectivity index (χ2v) is 11.6. The van der Waals surface area contributed by atoms with Gasteiger partial charge in [-0.05, 0) is 42.9 Å². The van der Waals surface area contributed by atoms with Gasteiger partial charge in [0.25, 0.3) is 0 Å². The lowest BCUT2D eigenvalue weighted by molar-refractivity contribution is 0.537. The quantitative estimate of drug-likeness (QED) is 0.104. The molecule has 0 spiro atoms. The molecule has 0 aliphatic heterocycles. The van der Waals surface area contributed by atoms with Gasteiger partial charge in [-0.3, -0.25) is 4.98 Å². The molecule has 0 atom stereocenters. The molecular weight excluding hydrogens is 434 g/mol. The summed E-state index contributed by atoms with van der Waals surface area (Å²) in [4.78, 5) is 4.44. The van der Waals surface area contributed by atoms with E-state index in [0.29, 0.717) is 0 Å². The first-order valence-corrected chi connectivity index (χ1v) is 16.8.